The molecule has 96 valence electrons. The minimum absolute atomic E-state index is 0.0277. The Kier molecular flexibility index (Phi) is 4.79. The van der Waals surface area contributed by atoms with Crippen molar-refractivity contribution in [1.29, 1.82) is 0 Å². The van der Waals surface area contributed by atoms with E-state index in [0.717, 1.165) is 0 Å². The first-order chi connectivity index (χ1) is 8.51. The van der Waals surface area contributed by atoms with Gasteiger partial charge < -0.3 is 14.4 Å². The van der Waals surface area contributed by atoms with Gasteiger partial charge in [0.1, 0.15) is 4.86 Å². The van der Waals surface area contributed by atoms with E-state index in [4.69, 9.17) is 12.2 Å². The summed E-state index contributed by atoms with van der Waals surface area (Å²) in [7, 11) is 4.26. The number of nitrogens with zero attached hydrogens (tertiary/aromatic N) is 1. The Hall–Kier alpha value is -1.95. The number of carbonyl (C=O) groups is 2. The lowest BCUT2D eigenvalue weighted by Crippen LogP contribution is -2.23. The van der Waals surface area contributed by atoms with E-state index in [0.29, 0.717) is 5.57 Å². The highest BCUT2D eigenvalue weighted by Gasteiger charge is 2.25. The van der Waals surface area contributed by atoms with Crippen LogP contribution in [0.3, 0.4) is 0 Å². The highest BCUT2D eigenvalue weighted by molar-refractivity contribution is 7.82. The van der Waals surface area contributed by atoms with Crippen LogP contribution >= 0.6 is 12.2 Å². The predicted octanol–water partition coefficient (Wildman–Crippen LogP) is 0.972. The molecule has 5 nitrogen and oxygen atoms in total. The van der Waals surface area contributed by atoms with Crippen LogP contribution in [0.5, 0.6) is 0 Å². The van der Waals surface area contributed by atoms with E-state index in [9.17, 15) is 9.59 Å². The number of hydrogen-bond acceptors (Lipinski definition) is 6. The summed E-state index contributed by atoms with van der Waals surface area (Å²) in [5.74, 6) is -1.40. The summed E-state index contributed by atoms with van der Waals surface area (Å²) in [6.45, 7) is 0. The third kappa shape index (κ3) is 3.04. The molecule has 0 fully saturated rings. The Morgan fingerprint density at radius 3 is 2.06 bits per heavy atom. The maximum atomic E-state index is 11.7. The standard InChI is InChI=1S/C12H13NO4S/c1-13-6-4-8(5-7-13)9(11(14)16-2)10(18)12(15)17-3/h4-7H,1-3H3. The maximum absolute atomic E-state index is 11.7. The van der Waals surface area contributed by atoms with Crippen molar-refractivity contribution in [3.8, 4) is 0 Å². The van der Waals surface area contributed by atoms with Crippen LogP contribution < -0.4 is 0 Å². The summed E-state index contributed by atoms with van der Waals surface area (Å²) in [5, 5.41) is 0. The third-order valence-electron chi connectivity index (χ3n) is 2.25. The summed E-state index contributed by atoms with van der Waals surface area (Å²) in [4.78, 5) is 24.7. The van der Waals surface area contributed by atoms with Gasteiger partial charge >= 0.3 is 11.9 Å². The van der Waals surface area contributed by atoms with Crippen molar-refractivity contribution >= 4 is 29.0 Å². The minimum Gasteiger partial charge on any atom is -0.465 e. The summed E-state index contributed by atoms with van der Waals surface area (Å²) in [6, 6.07) is 0. The van der Waals surface area contributed by atoms with Gasteiger partial charge in [-0.15, -0.1) is 0 Å². The second-order valence-electron chi connectivity index (χ2n) is 3.44. The van der Waals surface area contributed by atoms with Crippen molar-refractivity contribution in [3.63, 3.8) is 0 Å². The lowest BCUT2D eigenvalue weighted by molar-refractivity contribution is -0.137. The molecular weight excluding hydrogens is 254 g/mol. The molecule has 0 amide bonds. The number of thiocarbonyl (C=S) groups is 1. The molecule has 1 rings (SSSR count). The Balaban J connectivity index is 3.22. The molecule has 1 aliphatic rings. The van der Waals surface area contributed by atoms with Gasteiger partial charge in [-0.05, 0) is 17.7 Å². The molecular formula is C12H13NO4S. The molecule has 0 N–H and O–H groups in total. The molecule has 0 saturated heterocycles. The number of rotatable bonds is 3. The molecule has 0 bridgehead atoms. The first kappa shape index (κ1) is 14.1. The fourth-order valence-corrected chi connectivity index (χ4v) is 1.59. The van der Waals surface area contributed by atoms with Crippen LogP contribution in [0, 0.1) is 0 Å². The van der Waals surface area contributed by atoms with Crippen molar-refractivity contribution in [1.82, 2.24) is 4.90 Å². The molecule has 1 aliphatic heterocycles. The third-order valence-corrected chi connectivity index (χ3v) is 2.63. The van der Waals surface area contributed by atoms with E-state index in [2.05, 4.69) is 9.47 Å². The van der Waals surface area contributed by atoms with Crippen LogP contribution in [0.2, 0.25) is 0 Å². The van der Waals surface area contributed by atoms with Crippen molar-refractivity contribution in [2.45, 2.75) is 0 Å². The van der Waals surface area contributed by atoms with Gasteiger partial charge in [-0.3, -0.25) is 0 Å². The Morgan fingerprint density at radius 2 is 1.61 bits per heavy atom. The topological polar surface area (TPSA) is 55.8 Å². The van der Waals surface area contributed by atoms with Gasteiger partial charge in [-0.25, -0.2) is 9.59 Å². The molecule has 0 aliphatic carbocycles. The first-order valence-electron chi connectivity index (χ1n) is 5.04. The number of allylic oxidation sites excluding steroid dienone is 3. The van der Waals surface area contributed by atoms with E-state index < -0.39 is 11.9 Å². The zero-order valence-electron chi connectivity index (χ0n) is 10.3. The predicted molar refractivity (Wildman–Crippen MR) is 69.7 cm³/mol. The zero-order chi connectivity index (χ0) is 13.7. The van der Waals surface area contributed by atoms with Crippen LogP contribution in [0.1, 0.15) is 0 Å². The van der Waals surface area contributed by atoms with Crippen LogP contribution in [0.15, 0.2) is 35.7 Å². The van der Waals surface area contributed by atoms with E-state index in [1.165, 1.54) is 14.2 Å². The Morgan fingerprint density at radius 1 is 1.11 bits per heavy atom. The zero-order valence-corrected chi connectivity index (χ0v) is 11.1. The number of esters is 2. The van der Waals surface area contributed by atoms with Gasteiger partial charge in [0.25, 0.3) is 0 Å². The first-order valence-corrected chi connectivity index (χ1v) is 5.45. The van der Waals surface area contributed by atoms with E-state index in [-0.39, 0.29) is 10.4 Å². The average Bonchev–Trinajstić information content (AvgIpc) is 2.39. The molecule has 1 heterocycles. The fraction of sp³-hybridized carbons (Fsp3) is 0.250. The maximum Gasteiger partial charge on any atom is 0.349 e. The van der Waals surface area contributed by atoms with Gasteiger partial charge in [0.2, 0.25) is 0 Å². The number of methoxy groups -OCH3 is 2. The minimum atomic E-state index is -0.737. The van der Waals surface area contributed by atoms with E-state index in [1.807, 2.05) is 7.05 Å². The van der Waals surface area contributed by atoms with Crippen molar-refractivity contribution in [3.05, 3.63) is 35.7 Å². The fourth-order valence-electron chi connectivity index (χ4n) is 1.31. The molecule has 0 unspecified atom stereocenters. The van der Waals surface area contributed by atoms with Gasteiger partial charge in [-0.1, -0.05) is 12.2 Å². The van der Waals surface area contributed by atoms with Crippen LogP contribution in [0.4, 0.5) is 0 Å². The lowest BCUT2D eigenvalue weighted by Gasteiger charge is -2.15. The smallest absolute Gasteiger partial charge is 0.349 e. The summed E-state index contributed by atoms with van der Waals surface area (Å²) < 4.78 is 9.15. The average molecular weight is 267 g/mol. The highest BCUT2D eigenvalue weighted by atomic mass is 32.1. The van der Waals surface area contributed by atoms with Crippen molar-refractivity contribution in [2.75, 3.05) is 21.3 Å². The number of ether oxygens (including phenoxy) is 2. The molecule has 0 aromatic heterocycles. The molecule has 0 spiro atoms. The quantitative estimate of drug-likeness (QED) is 0.431. The molecule has 18 heavy (non-hydrogen) atoms. The SMILES string of the molecule is COC(=O)C(=S)C(C(=O)OC)=C1C=CN(C)C=C1. The summed E-state index contributed by atoms with van der Waals surface area (Å²) >= 11 is 4.94. The molecule has 0 aromatic carbocycles. The largest absolute Gasteiger partial charge is 0.465 e. The van der Waals surface area contributed by atoms with Gasteiger partial charge in [0.05, 0.1) is 19.8 Å². The second kappa shape index (κ2) is 6.11. The summed E-state index contributed by atoms with van der Waals surface area (Å²) in [6.07, 6.45) is 6.80. The number of hydrogen-bond donors (Lipinski definition) is 0. The normalized spacial score (nSPS) is 13.3. The highest BCUT2D eigenvalue weighted by Crippen LogP contribution is 2.17. The number of carbonyl (C=O) groups excluding carboxylic acids is 2. The molecule has 0 aromatic rings. The van der Waals surface area contributed by atoms with Gasteiger partial charge in [-0.2, -0.15) is 0 Å². The monoisotopic (exact) mass is 267 g/mol. The molecule has 0 atom stereocenters. The van der Waals surface area contributed by atoms with Crippen LogP contribution in [-0.2, 0) is 19.1 Å². The Labute approximate surface area is 110 Å². The summed E-state index contributed by atoms with van der Waals surface area (Å²) in [5.41, 5.74) is 0.537. The van der Waals surface area contributed by atoms with Crippen molar-refractivity contribution < 1.29 is 19.1 Å². The molecule has 6 heteroatoms. The van der Waals surface area contributed by atoms with Gasteiger partial charge in [0.15, 0.2) is 0 Å². The molecule has 0 saturated carbocycles. The Bertz CT molecular complexity index is 460. The van der Waals surface area contributed by atoms with Crippen LogP contribution in [-0.4, -0.2) is 43.0 Å². The van der Waals surface area contributed by atoms with E-state index >= 15 is 0 Å². The van der Waals surface area contributed by atoms with Gasteiger partial charge in [0, 0.05) is 19.4 Å². The van der Waals surface area contributed by atoms with Crippen molar-refractivity contribution in [2.24, 2.45) is 0 Å². The lowest BCUT2D eigenvalue weighted by atomic mass is 10.0. The van der Waals surface area contributed by atoms with E-state index in [1.54, 1.807) is 29.5 Å². The van der Waals surface area contributed by atoms with Crippen LogP contribution in [0.25, 0.3) is 0 Å². The molecule has 0 radical (unpaired) electrons. The second-order valence-corrected chi connectivity index (χ2v) is 3.85.